The zero-order chi connectivity index (χ0) is 30.8. The second-order valence-electron chi connectivity index (χ2n) is 11.9. The lowest BCUT2D eigenvalue weighted by atomic mass is 9.59. The number of rotatable bonds is 8. The number of sulfone groups is 1. The van der Waals surface area contributed by atoms with E-state index in [2.05, 4.69) is 16.3 Å². The number of hydrogen-bond acceptors (Lipinski definition) is 7. The largest absolute Gasteiger partial charge is 0.501 e. The molecule has 1 N–H and O–H groups in total. The Bertz CT molecular complexity index is 1420. The van der Waals surface area contributed by atoms with E-state index in [1.165, 1.54) is 19.2 Å². The van der Waals surface area contributed by atoms with Crippen LogP contribution < -0.4 is 10.2 Å². The molecular formula is C31H37F3N4O4S. The maximum Gasteiger partial charge on any atom is 0.501 e. The molecule has 0 spiro atoms. The van der Waals surface area contributed by atoms with Crippen LogP contribution in [0.5, 0.6) is 0 Å². The van der Waals surface area contributed by atoms with Gasteiger partial charge in [-0.2, -0.15) is 18.4 Å². The van der Waals surface area contributed by atoms with E-state index in [1.54, 1.807) is 0 Å². The van der Waals surface area contributed by atoms with E-state index in [0.29, 0.717) is 11.6 Å². The van der Waals surface area contributed by atoms with Crippen LogP contribution in [0.25, 0.3) is 0 Å². The van der Waals surface area contributed by atoms with Crippen LogP contribution >= 0.6 is 0 Å². The van der Waals surface area contributed by atoms with Gasteiger partial charge in [0.15, 0.2) is 0 Å². The fraction of sp³-hybridized carbons (Fsp3) is 0.548. The van der Waals surface area contributed by atoms with Crippen LogP contribution in [0, 0.1) is 29.1 Å². The summed E-state index contributed by atoms with van der Waals surface area (Å²) in [5, 5.41) is 13.9. The van der Waals surface area contributed by atoms with E-state index in [1.807, 2.05) is 35.2 Å². The second-order valence-corrected chi connectivity index (χ2v) is 13.9. The molecule has 1 saturated carbocycles. The normalized spacial score (nSPS) is 23.7. The summed E-state index contributed by atoms with van der Waals surface area (Å²) in [7, 11) is -4.00. The zero-order valence-electron chi connectivity index (χ0n) is 24.1. The van der Waals surface area contributed by atoms with Crippen LogP contribution in [0.3, 0.4) is 0 Å². The Labute approximate surface area is 250 Å². The third kappa shape index (κ3) is 6.07. The Hall–Kier alpha value is -3.30. The number of alkyl carbamates (subject to hydrolysis) is 1. The number of ether oxygens (including phenoxy) is 1. The first kappa shape index (κ1) is 31.1. The number of hydrogen-bond donors (Lipinski definition) is 1. The summed E-state index contributed by atoms with van der Waals surface area (Å²) in [6.45, 7) is 4.05. The quantitative estimate of drug-likeness (QED) is 0.439. The summed E-state index contributed by atoms with van der Waals surface area (Å²) in [6.07, 6.45) is 3.86. The number of alkyl halides is 3. The van der Waals surface area contributed by atoms with Crippen molar-refractivity contribution in [1.82, 2.24) is 10.2 Å². The Morgan fingerprint density at radius 2 is 1.67 bits per heavy atom. The average molecular weight is 619 g/mol. The van der Waals surface area contributed by atoms with Crippen molar-refractivity contribution >= 4 is 21.6 Å². The van der Waals surface area contributed by atoms with Crippen molar-refractivity contribution in [3.63, 3.8) is 0 Å². The molecule has 232 valence electrons. The van der Waals surface area contributed by atoms with Crippen molar-refractivity contribution < 1.29 is 31.1 Å². The van der Waals surface area contributed by atoms with E-state index in [0.717, 1.165) is 82.5 Å². The molecule has 2 aromatic rings. The van der Waals surface area contributed by atoms with Crippen LogP contribution in [0.1, 0.15) is 37.7 Å². The fourth-order valence-corrected chi connectivity index (χ4v) is 8.16. The Balaban J connectivity index is 1.20. The van der Waals surface area contributed by atoms with E-state index in [-0.39, 0.29) is 17.9 Å². The highest BCUT2D eigenvalue weighted by molar-refractivity contribution is 7.92. The molecule has 8 nitrogen and oxygen atoms in total. The topological polar surface area (TPSA) is 103 Å². The minimum Gasteiger partial charge on any atom is -0.453 e. The molecule has 2 heterocycles. The van der Waals surface area contributed by atoms with Crippen LogP contribution in [0.2, 0.25) is 0 Å². The SMILES string of the molecule is COC(=O)N[C@H]1CCC[C@@H]1C(C#N)(c1ccccc1)C1CCN(CC2CN(c3ccc(S(=O)(=O)C(F)(F)F)cc3)C2)CC1. The predicted octanol–water partition coefficient (Wildman–Crippen LogP) is 5.11. The Morgan fingerprint density at radius 3 is 2.26 bits per heavy atom. The number of amides is 1. The minimum atomic E-state index is -5.36. The number of likely N-dealkylation sites (tertiary alicyclic amines) is 1. The van der Waals surface area contributed by atoms with Crippen LogP contribution in [0.15, 0.2) is 59.5 Å². The lowest BCUT2D eigenvalue weighted by Crippen LogP contribution is -2.55. The molecule has 3 fully saturated rings. The number of nitrogens with one attached hydrogen (secondary N) is 1. The number of benzene rings is 2. The Kier molecular flexibility index (Phi) is 8.95. The molecule has 1 aliphatic carbocycles. The smallest absolute Gasteiger partial charge is 0.453 e. The molecular weight excluding hydrogens is 581 g/mol. The molecule has 3 aliphatic rings. The fourth-order valence-electron chi connectivity index (χ4n) is 7.40. The van der Waals surface area contributed by atoms with E-state index in [4.69, 9.17) is 4.74 Å². The van der Waals surface area contributed by atoms with Gasteiger partial charge in [-0.05, 0) is 74.5 Å². The molecule has 0 bridgehead atoms. The van der Waals surface area contributed by atoms with Gasteiger partial charge in [-0.3, -0.25) is 0 Å². The molecule has 0 aromatic heterocycles. The van der Waals surface area contributed by atoms with E-state index >= 15 is 0 Å². The molecule has 2 aliphatic heterocycles. The number of piperidine rings is 1. The maximum atomic E-state index is 12.8. The molecule has 2 aromatic carbocycles. The molecule has 3 atom stereocenters. The van der Waals surface area contributed by atoms with E-state index in [9.17, 15) is 31.6 Å². The summed E-state index contributed by atoms with van der Waals surface area (Å²) >= 11 is 0. The summed E-state index contributed by atoms with van der Waals surface area (Å²) in [5.41, 5.74) is -4.35. The zero-order valence-corrected chi connectivity index (χ0v) is 24.9. The van der Waals surface area contributed by atoms with Gasteiger partial charge in [0.2, 0.25) is 0 Å². The number of carbonyl (C=O) groups is 1. The third-order valence-electron chi connectivity index (χ3n) is 9.55. The number of nitriles is 1. The lowest BCUT2D eigenvalue weighted by molar-refractivity contribution is -0.0436. The minimum absolute atomic E-state index is 0.0201. The summed E-state index contributed by atoms with van der Waals surface area (Å²) < 4.78 is 66.7. The first-order chi connectivity index (χ1) is 20.5. The Morgan fingerprint density at radius 1 is 1.02 bits per heavy atom. The van der Waals surface area contributed by atoms with Gasteiger partial charge in [0.25, 0.3) is 9.84 Å². The molecule has 43 heavy (non-hydrogen) atoms. The molecule has 12 heteroatoms. The maximum absolute atomic E-state index is 12.8. The van der Waals surface area contributed by atoms with Crippen LogP contribution in [-0.2, 0) is 20.0 Å². The first-order valence-electron chi connectivity index (χ1n) is 14.7. The highest BCUT2D eigenvalue weighted by Gasteiger charge is 2.52. The van der Waals surface area contributed by atoms with Crippen molar-refractivity contribution in [1.29, 1.82) is 5.26 Å². The summed E-state index contributed by atoms with van der Waals surface area (Å²) in [6, 6.07) is 17.5. The van der Waals surface area contributed by atoms with Crippen molar-refractivity contribution in [3.8, 4) is 6.07 Å². The van der Waals surface area contributed by atoms with Gasteiger partial charge >= 0.3 is 11.6 Å². The van der Waals surface area contributed by atoms with Crippen LogP contribution in [-0.4, -0.2) is 70.8 Å². The number of nitrogens with zero attached hydrogens (tertiary/aromatic N) is 3. The molecule has 2 saturated heterocycles. The van der Waals surface area contributed by atoms with Gasteiger partial charge in [-0.15, -0.1) is 0 Å². The summed E-state index contributed by atoms with van der Waals surface area (Å²) in [4.78, 5) is 15.8. The van der Waals surface area contributed by atoms with Crippen LogP contribution in [0.4, 0.5) is 23.7 Å². The summed E-state index contributed by atoms with van der Waals surface area (Å²) in [5.74, 6) is 0.493. The van der Waals surface area contributed by atoms with Crippen molar-refractivity contribution in [2.45, 2.75) is 54.0 Å². The first-order valence-corrected chi connectivity index (χ1v) is 16.2. The standard InChI is InChI=1S/C31H37F3N4O4S/c1-42-29(39)36-28-9-5-8-27(28)30(21-35,23-6-3-2-4-7-23)24-14-16-37(17-15-24)18-22-19-38(20-22)25-10-12-26(13-11-25)43(40,41)31(32,33)34/h2-4,6-7,10-13,22,24,27-28H,5,8-9,14-20H2,1H3,(H,36,39)/t27-,28-,30?/m0/s1. The van der Waals surface area contributed by atoms with Gasteiger partial charge in [-0.1, -0.05) is 36.8 Å². The lowest BCUT2D eigenvalue weighted by Gasteiger charge is -2.48. The monoisotopic (exact) mass is 618 g/mol. The van der Waals surface area contributed by atoms with Gasteiger partial charge in [0, 0.05) is 43.2 Å². The third-order valence-corrected chi connectivity index (χ3v) is 11.1. The number of methoxy groups -OCH3 is 1. The van der Waals surface area contributed by atoms with Gasteiger partial charge in [0.05, 0.1) is 23.5 Å². The molecule has 5 rings (SSSR count). The van der Waals surface area contributed by atoms with Crippen molar-refractivity contribution in [2.24, 2.45) is 17.8 Å². The highest BCUT2D eigenvalue weighted by Crippen LogP contribution is 2.50. The number of anilines is 1. The van der Waals surface area contributed by atoms with Gasteiger partial charge in [0.1, 0.15) is 0 Å². The number of halogens is 3. The molecule has 1 unspecified atom stereocenters. The van der Waals surface area contributed by atoms with Crippen molar-refractivity contribution in [2.75, 3.05) is 44.7 Å². The average Bonchev–Trinajstić information content (AvgIpc) is 3.44. The highest BCUT2D eigenvalue weighted by atomic mass is 32.2. The van der Waals surface area contributed by atoms with Crippen molar-refractivity contribution in [3.05, 3.63) is 60.2 Å². The van der Waals surface area contributed by atoms with Gasteiger partial charge in [-0.25, -0.2) is 13.2 Å². The van der Waals surface area contributed by atoms with Gasteiger partial charge < -0.3 is 19.9 Å². The van der Waals surface area contributed by atoms with E-state index < -0.39 is 31.7 Å². The predicted molar refractivity (Wildman–Crippen MR) is 155 cm³/mol. The second kappa shape index (κ2) is 12.4. The molecule has 0 radical (unpaired) electrons. The number of carbonyl (C=O) groups excluding carboxylic acids is 1. The molecule has 1 amide bonds.